The summed E-state index contributed by atoms with van der Waals surface area (Å²) in [5.41, 5.74) is 1.58. The fourth-order valence-electron chi connectivity index (χ4n) is 1.96. The number of carbonyl (C=O) groups is 1. The standard InChI is InChI=1S/C14H21NO4/c1-9-10(13(17)12(16)7-8-15-2)5-4-6-11(9)14(18)19-3/h4-6,12-13,15-17H,7-8H2,1-3H3. The van der Waals surface area contributed by atoms with E-state index in [0.717, 1.165) is 0 Å². The third-order valence-electron chi connectivity index (χ3n) is 3.15. The maximum Gasteiger partial charge on any atom is 0.338 e. The summed E-state index contributed by atoms with van der Waals surface area (Å²) in [6.45, 7) is 2.34. The van der Waals surface area contributed by atoms with Gasteiger partial charge in [0.25, 0.3) is 0 Å². The maximum atomic E-state index is 11.6. The summed E-state index contributed by atoms with van der Waals surface area (Å²) >= 11 is 0. The molecule has 0 heterocycles. The molecule has 5 nitrogen and oxygen atoms in total. The zero-order chi connectivity index (χ0) is 14.4. The van der Waals surface area contributed by atoms with Gasteiger partial charge in [0.15, 0.2) is 0 Å². The minimum Gasteiger partial charge on any atom is -0.465 e. The van der Waals surface area contributed by atoms with Gasteiger partial charge in [-0.15, -0.1) is 0 Å². The van der Waals surface area contributed by atoms with E-state index in [1.807, 2.05) is 0 Å². The van der Waals surface area contributed by atoms with E-state index in [1.165, 1.54) is 7.11 Å². The number of rotatable bonds is 6. The van der Waals surface area contributed by atoms with Crippen LogP contribution in [0.2, 0.25) is 0 Å². The lowest BCUT2D eigenvalue weighted by atomic mass is 9.94. The van der Waals surface area contributed by atoms with Crippen molar-refractivity contribution < 1.29 is 19.7 Å². The molecule has 3 N–H and O–H groups in total. The van der Waals surface area contributed by atoms with Crippen LogP contribution < -0.4 is 5.32 Å². The first kappa shape index (κ1) is 15.6. The summed E-state index contributed by atoms with van der Waals surface area (Å²) in [6, 6.07) is 5.01. The largest absolute Gasteiger partial charge is 0.465 e. The zero-order valence-corrected chi connectivity index (χ0v) is 11.5. The molecule has 0 spiro atoms. The SMILES string of the molecule is CNCCC(O)C(O)c1cccc(C(=O)OC)c1C. The molecule has 19 heavy (non-hydrogen) atoms. The number of ether oxygens (including phenoxy) is 1. The molecule has 0 radical (unpaired) electrons. The van der Waals surface area contributed by atoms with Crippen LogP contribution in [0.4, 0.5) is 0 Å². The molecule has 0 aliphatic heterocycles. The Hall–Kier alpha value is -1.43. The van der Waals surface area contributed by atoms with E-state index in [4.69, 9.17) is 0 Å². The monoisotopic (exact) mass is 267 g/mol. The number of aliphatic hydroxyl groups is 2. The number of aliphatic hydroxyl groups excluding tert-OH is 2. The van der Waals surface area contributed by atoms with Crippen LogP contribution in [-0.2, 0) is 4.74 Å². The predicted molar refractivity (Wildman–Crippen MR) is 72.0 cm³/mol. The van der Waals surface area contributed by atoms with Gasteiger partial charge < -0.3 is 20.3 Å². The number of methoxy groups -OCH3 is 1. The molecule has 0 saturated heterocycles. The van der Waals surface area contributed by atoms with Crippen molar-refractivity contribution in [3.05, 3.63) is 34.9 Å². The van der Waals surface area contributed by atoms with Crippen LogP contribution in [0.15, 0.2) is 18.2 Å². The Bertz CT molecular complexity index is 433. The van der Waals surface area contributed by atoms with Crippen molar-refractivity contribution in [2.45, 2.75) is 25.6 Å². The molecule has 1 aromatic rings. The number of nitrogens with one attached hydrogen (secondary N) is 1. The molecule has 0 aliphatic carbocycles. The van der Waals surface area contributed by atoms with Crippen LogP contribution in [0.1, 0.15) is 34.0 Å². The molecular weight excluding hydrogens is 246 g/mol. The summed E-state index contributed by atoms with van der Waals surface area (Å²) in [5, 5.41) is 23.0. The van der Waals surface area contributed by atoms with Crippen molar-refractivity contribution in [1.29, 1.82) is 0 Å². The van der Waals surface area contributed by atoms with Crippen molar-refractivity contribution in [2.75, 3.05) is 20.7 Å². The molecule has 2 atom stereocenters. The topological polar surface area (TPSA) is 78.8 Å². The first-order chi connectivity index (χ1) is 9.02. The molecule has 1 rings (SSSR count). The molecule has 2 unspecified atom stereocenters. The van der Waals surface area contributed by atoms with Gasteiger partial charge in [0.1, 0.15) is 6.10 Å². The minimum absolute atomic E-state index is 0.403. The second-order valence-electron chi connectivity index (χ2n) is 4.42. The summed E-state index contributed by atoms with van der Waals surface area (Å²) in [6.07, 6.45) is -1.46. The summed E-state index contributed by atoms with van der Waals surface area (Å²) in [4.78, 5) is 11.6. The van der Waals surface area contributed by atoms with Crippen LogP contribution >= 0.6 is 0 Å². The van der Waals surface area contributed by atoms with Crippen LogP contribution in [0, 0.1) is 6.92 Å². The predicted octanol–water partition coefficient (Wildman–Crippen LogP) is 0.785. The van der Waals surface area contributed by atoms with Crippen LogP contribution in [-0.4, -0.2) is 43.0 Å². The van der Waals surface area contributed by atoms with Crippen LogP contribution in [0.25, 0.3) is 0 Å². The Balaban J connectivity index is 2.97. The Morgan fingerprint density at radius 3 is 2.68 bits per heavy atom. The van der Waals surface area contributed by atoms with Gasteiger partial charge >= 0.3 is 5.97 Å². The molecule has 0 amide bonds. The lowest BCUT2D eigenvalue weighted by Crippen LogP contribution is -2.24. The molecular formula is C14H21NO4. The number of hydrogen-bond donors (Lipinski definition) is 3. The smallest absolute Gasteiger partial charge is 0.338 e. The van der Waals surface area contributed by atoms with E-state index in [0.29, 0.717) is 29.7 Å². The third kappa shape index (κ3) is 3.76. The van der Waals surface area contributed by atoms with Crippen molar-refractivity contribution in [2.24, 2.45) is 0 Å². The van der Waals surface area contributed by atoms with Crippen molar-refractivity contribution in [1.82, 2.24) is 5.32 Å². The van der Waals surface area contributed by atoms with E-state index in [2.05, 4.69) is 10.1 Å². The van der Waals surface area contributed by atoms with Gasteiger partial charge in [0.05, 0.1) is 18.8 Å². The third-order valence-corrected chi connectivity index (χ3v) is 3.15. The molecule has 0 aliphatic rings. The quantitative estimate of drug-likeness (QED) is 0.664. The second-order valence-corrected chi connectivity index (χ2v) is 4.42. The summed E-state index contributed by atoms with van der Waals surface area (Å²) < 4.78 is 4.68. The van der Waals surface area contributed by atoms with Gasteiger partial charge in [0.2, 0.25) is 0 Å². The summed E-state index contributed by atoms with van der Waals surface area (Å²) in [5.74, 6) is -0.448. The first-order valence-electron chi connectivity index (χ1n) is 6.21. The van der Waals surface area contributed by atoms with E-state index < -0.39 is 18.2 Å². The Morgan fingerprint density at radius 1 is 1.42 bits per heavy atom. The van der Waals surface area contributed by atoms with Gasteiger partial charge in [-0.1, -0.05) is 12.1 Å². The Kier molecular flexibility index (Phi) is 5.95. The molecule has 106 valence electrons. The normalized spacial score (nSPS) is 13.9. The fourth-order valence-corrected chi connectivity index (χ4v) is 1.96. The molecule has 1 aromatic carbocycles. The van der Waals surface area contributed by atoms with Crippen molar-refractivity contribution >= 4 is 5.97 Å². The van der Waals surface area contributed by atoms with Crippen LogP contribution in [0.3, 0.4) is 0 Å². The molecule has 5 heteroatoms. The molecule has 0 fully saturated rings. The average molecular weight is 267 g/mol. The Morgan fingerprint density at radius 2 is 2.11 bits per heavy atom. The Labute approximate surface area is 113 Å². The number of esters is 1. The highest BCUT2D eigenvalue weighted by atomic mass is 16.5. The highest BCUT2D eigenvalue weighted by Gasteiger charge is 2.22. The summed E-state index contributed by atoms with van der Waals surface area (Å²) in [7, 11) is 3.09. The van der Waals surface area contributed by atoms with E-state index >= 15 is 0 Å². The molecule has 0 bridgehead atoms. The van der Waals surface area contributed by atoms with E-state index in [9.17, 15) is 15.0 Å². The van der Waals surface area contributed by atoms with E-state index in [-0.39, 0.29) is 0 Å². The van der Waals surface area contributed by atoms with Gasteiger partial charge in [-0.25, -0.2) is 4.79 Å². The van der Waals surface area contributed by atoms with E-state index in [1.54, 1.807) is 32.2 Å². The van der Waals surface area contributed by atoms with Crippen molar-refractivity contribution in [3.63, 3.8) is 0 Å². The van der Waals surface area contributed by atoms with Gasteiger partial charge in [-0.2, -0.15) is 0 Å². The highest BCUT2D eigenvalue weighted by molar-refractivity contribution is 5.91. The lowest BCUT2D eigenvalue weighted by Gasteiger charge is -2.20. The number of hydrogen-bond acceptors (Lipinski definition) is 5. The zero-order valence-electron chi connectivity index (χ0n) is 11.5. The van der Waals surface area contributed by atoms with Crippen molar-refractivity contribution in [3.8, 4) is 0 Å². The maximum absolute atomic E-state index is 11.6. The van der Waals surface area contributed by atoms with Gasteiger partial charge in [-0.3, -0.25) is 0 Å². The highest BCUT2D eigenvalue weighted by Crippen LogP contribution is 2.25. The second kappa shape index (κ2) is 7.23. The molecule has 0 saturated carbocycles. The average Bonchev–Trinajstić information content (AvgIpc) is 2.43. The van der Waals surface area contributed by atoms with Gasteiger partial charge in [-0.05, 0) is 44.1 Å². The fraction of sp³-hybridized carbons (Fsp3) is 0.500. The van der Waals surface area contributed by atoms with Gasteiger partial charge in [0, 0.05) is 0 Å². The number of benzene rings is 1. The number of carbonyl (C=O) groups excluding carboxylic acids is 1. The first-order valence-corrected chi connectivity index (χ1v) is 6.21. The van der Waals surface area contributed by atoms with Crippen LogP contribution in [0.5, 0.6) is 0 Å². The molecule has 0 aromatic heterocycles. The minimum atomic E-state index is -1.02. The lowest BCUT2D eigenvalue weighted by molar-refractivity contribution is 0.0135.